The molecular weight excluding hydrogens is 246 g/mol. The number of carbonyl (C=O) groups is 1. The number of nitrogens with zero attached hydrogens (tertiary/aromatic N) is 2. The van der Waals surface area contributed by atoms with Crippen LogP contribution in [-0.4, -0.2) is 33.7 Å². The molecule has 0 spiro atoms. The summed E-state index contributed by atoms with van der Waals surface area (Å²) >= 11 is 0. The van der Waals surface area contributed by atoms with Crippen molar-refractivity contribution in [1.29, 1.82) is 0 Å². The van der Waals surface area contributed by atoms with Gasteiger partial charge in [-0.15, -0.1) is 0 Å². The fourth-order valence-electron chi connectivity index (χ4n) is 1.78. The normalized spacial score (nSPS) is 10.6. The molecule has 1 aromatic heterocycles. The summed E-state index contributed by atoms with van der Waals surface area (Å²) in [6.45, 7) is 0.374. The number of benzene rings is 1. The summed E-state index contributed by atoms with van der Waals surface area (Å²) in [7, 11) is 0. The lowest BCUT2D eigenvalue weighted by Crippen LogP contribution is -2.33. The zero-order chi connectivity index (χ0) is 13.7. The maximum absolute atomic E-state index is 11.8. The molecule has 0 radical (unpaired) electrons. The number of nitrogens with one attached hydrogen (secondary N) is 1. The van der Waals surface area contributed by atoms with Crippen molar-refractivity contribution in [3.63, 3.8) is 0 Å². The van der Waals surface area contributed by atoms with Crippen molar-refractivity contribution in [3.05, 3.63) is 40.8 Å². The summed E-state index contributed by atoms with van der Waals surface area (Å²) < 4.78 is 1.39. The number of aliphatic hydroxyl groups excluding tert-OH is 1. The van der Waals surface area contributed by atoms with Crippen LogP contribution in [0.4, 0.5) is 0 Å². The number of para-hydroxylation sites is 2. The minimum absolute atomic E-state index is 0.0262. The SMILES string of the molecule is O=C(Cn1c(=O)cnc2ccccc21)NCCCO. The molecule has 0 atom stereocenters. The molecule has 0 fully saturated rings. The van der Waals surface area contributed by atoms with Gasteiger partial charge in [0.1, 0.15) is 6.54 Å². The average molecular weight is 261 g/mol. The van der Waals surface area contributed by atoms with Gasteiger partial charge in [0.15, 0.2) is 0 Å². The highest BCUT2D eigenvalue weighted by molar-refractivity contribution is 5.79. The quantitative estimate of drug-likeness (QED) is 0.736. The van der Waals surface area contributed by atoms with Crippen LogP contribution in [0.25, 0.3) is 11.0 Å². The van der Waals surface area contributed by atoms with Crippen LogP contribution in [-0.2, 0) is 11.3 Å². The molecule has 1 aromatic carbocycles. The fraction of sp³-hybridized carbons (Fsp3) is 0.308. The Labute approximate surface area is 109 Å². The second-order valence-electron chi connectivity index (χ2n) is 4.10. The van der Waals surface area contributed by atoms with E-state index in [-0.39, 0.29) is 24.6 Å². The van der Waals surface area contributed by atoms with Gasteiger partial charge in [0, 0.05) is 13.2 Å². The van der Waals surface area contributed by atoms with Crippen LogP contribution >= 0.6 is 0 Å². The Hall–Kier alpha value is -2.21. The molecule has 0 bridgehead atoms. The summed E-state index contributed by atoms with van der Waals surface area (Å²) in [6, 6.07) is 7.16. The number of amides is 1. The Morgan fingerprint density at radius 2 is 2.16 bits per heavy atom. The number of aromatic nitrogens is 2. The zero-order valence-corrected chi connectivity index (χ0v) is 10.4. The average Bonchev–Trinajstić information content (AvgIpc) is 2.42. The van der Waals surface area contributed by atoms with E-state index in [2.05, 4.69) is 10.3 Å². The third kappa shape index (κ3) is 3.17. The molecule has 0 aliphatic carbocycles. The number of fused-ring (bicyclic) bond motifs is 1. The van der Waals surface area contributed by atoms with Crippen LogP contribution in [0.15, 0.2) is 35.3 Å². The van der Waals surface area contributed by atoms with Gasteiger partial charge in [0.25, 0.3) is 5.56 Å². The van der Waals surface area contributed by atoms with E-state index in [1.165, 1.54) is 10.8 Å². The molecule has 1 heterocycles. The van der Waals surface area contributed by atoms with Crippen LogP contribution in [0.1, 0.15) is 6.42 Å². The zero-order valence-electron chi connectivity index (χ0n) is 10.4. The summed E-state index contributed by atoms with van der Waals surface area (Å²) in [5.41, 5.74) is 0.994. The molecule has 2 aromatic rings. The maximum atomic E-state index is 11.8. The van der Waals surface area contributed by atoms with Gasteiger partial charge in [-0.25, -0.2) is 4.98 Å². The van der Waals surface area contributed by atoms with E-state index in [1.807, 2.05) is 6.07 Å². The van der Waals surface area contributed by atoms with E-state index in [0.717, 1.165) is 0 Å². The number of rotatable bonds is 5. The van der Waals surface area contributed by atoms with E-state index in [9.17, 15) is 9.59 Å². The lowest BCUT2D eigenvalue weighted by Gasteiger charge is -2.09. The first-order chi connectivity index (χ1) is 9.22. The fourth-order valence-corrected chi connectivity index (χ4v) is 1.78. The van der Waals surface area contributed by atoms with Gasteiger partial charge in [-0.1, -0.05) is 12.1 Å². The molecule has 0 aliphatic rings. The second-order valence-corrected chi connectivity index (χ2v) is 4.10. The van der Waals surface area contributed by atoms with Gasteiger partial charge in [0.05, 0.1) is 17.2 Å². The van der Waals surface area contributed by atoms with Crippen molar-refractivity contribution in [2.45, 2.75) is 13.0 Å². The van der Waals surface area contributed by atoms with Crippen LogP contribution in [0.5, 0.6) is 0 Å². The topological polar surface area (TPSA) is 84.2 Å². The lowest BCUT2D eigenvalue weighted by molar-refractivity contribution is -0.121. The largest absolute Gasteiger partial charge is 0.396 e. The smallest absolute Gasteiger partial charge is 0.269 e. The molecular formula is C13H15N3O3. The standard InChI is InChI=1S/C13H15N3O3/c17-7-3-6-14-12(18)9-16-11-5-2-1-4-10(11)15-8-13(16)19/h1-2,4-5,8,17H,3,6-7,9H2,(H,14,18). The van der Waals surface area contributed by atoms with Gasteiger partial charge in [-0.05, 0) is 18.6 Å². The van der Waals surface area contributed by atoms with Crippen LogP contribution in [0.3, 0.4) is 0 Å². The Morgan fingerprint density at radius 1 is 1.37 bits per heavy atom. The first-order valence-corrected chi connectivity index (χ1v) is 6.04. The van der Waals surface area contributed by atoms with Gasteiger partial charge in [-0.2, -0.15) is 0 Å². The Bertz CT molecular complexity index is 636. The molecule has 1 amide bonds. The van der Waals surface area contributed by atoms with Crippen molar-refractivity contribution < 1.29 is 9.90 Å². The lowest BCUT2D eigenvalue weighted by atomic mass is 10.3. The van der Waals surface area contributed by atoms with E-state index in [0.29, 0.717) is 24.0 Å². The van der Waals surface area contributed by atoms with Gasteiger partial charge < -0.3 is 10.4 Å². The minimum atomic E-state index is -0.309. The van der Waals surface area contributed by atoms with E-state index in [1.54, 1.807) is 18.2 Å². The summed E-state index contributed by atoms with van der Waals surface area (Å²) in [4.78, 5) is 27.5. The van der Waals surface area contributed by atoms with Crippen molar-refractivity contribution >= 4 is 16.9 Å². The number of aliphatic hydroxyl groups is 1. The van der Waals surface area contributed by atoms with Crippen LogP contribution < -0.4 is 10.9 Å². The van der Waals surface area contributed by atoms with Crippen molar-refractivity contribution in [1.82, 2.24) is 14.9 Å². The highest BCUT2D eigenvalue weighted by Crippen LogP contribution is 2.07. The molecule has 100 valence electrons. The predicted octanol–water partition coefficient (Wildman–Crippen LogP) is -0.105. The Morgan fingerprint density at radius 3 is 2.95 bits per heavy atom. The van der Waals surface area contributed by atoms with Gasteiger partial charge in [0.2, 0.25) is 5.91 Å². The van der Waals surface area contributed by atoms with Gasteiger partial charge in [-0.3, -0.25) is 14.2 Å². The summed E-state index contributed by atoms with van der Waals surface area (Å²) in [5.74, 6) is -0.257. The number of hydrogen-bond acceptors (Lipinski definition) is 4. The number of carbonyl (C=O) groups excluding carboxylic acids is 1. The Kier molecular flexibility index (Phi) is 4.25. The van der Waals surface area contributed by atoms with Crippen molar-refractivity contribution in [2.24, 2.45) is 0 Å². The molecule has 6 heteroatoms. The molecule has 6 nitrogen and oxygen atoms in total. The molecule has 2 N–H and O–H groups in total. The first-order valence-electron chi connectivity index (χ1n) is 6.04. The third-order valence-electron chi connectivity index (χ3n) is 2.71. The van der Waals surface area contributed by atoms with E-state index in [4.69, 9.17) is 5.11 Å². The molecule has 19 heavy (non-hydrogen) atoms. The third-order valence-corrected chi connectivity index (χ3v) is 2.71. The summed E-state index contributed by atoms with van der Waals surface area (Å²) in [6.07, 6.45) is 1.71. The monoisotopic (exact) mass is 261 g/mol. The highest BCUT2D eigenvalue weighted by atomic mass is 16.3. The van der Waals surface area contributed by atoms with Crippen LogP contribution in [0, 0.1) is 0 Å². The van der Waals surface area contributed by atoms with E-state index < -0.39 is 0 Å². The molecule has 0 aliphatic heterocycles. The molecule has 0 saturated heterocycles. The predicted molar refractivity (Wildman–Crippen MR) is 70.7 cm³/mol. The van der Waals surface area contributed by atoms with Gasteiger partial charge >= 0.3 is 0 Å². The highest BCUT2D eigenvalue weighted by Gasteiger charge is 2.07. The summed E-state index contributed by atoms with van der Waals surface area (Å²) in [5, 5.41) is 11.3. The van der Waals surface area contributed by atoms with Crippen molar-refractivity contribution in [3.8, 4) is 0 Å². The Balaban J connectivity index is 2.22. The molecule has 0 unspecified atom stereocenters. The number of hydrogen-bond donors (Lipinski definition) is 2. The van der Waals surface area contributed by atoms with E-state index >= 15 is 0 Å². The molecule has 0 saturated carbocycles. The van der Waals surface area contributed by atoms with Crippen molar-refractivity contribution in [2.75, 3.05) is 13.2 Å². The first kappa shape index (κ1) is 13.2. The maximum Gasteiger partial charge on any atom is 0.269 e. The second kappa shape index (κ2) is 6.10. The molecule has 2 rings (SSSR count). The minimum Gasteiger partial charge on any atom is -0.396 e. The van der Waals surface area contributed by atoms with Crippen LogP contribution in [0.2, 0.25) is 0 Å².